The first kappa shape index (κ1) is 19.3. The third-order valence-corrected chi connectivity index (χ3v) is 4.20. The fourth-order valence-corrected chi connectivity index (χ4v) is 2.43. The number of halogens is 2. The summed E-state index contributed by atoms with van der Waals surface area (Å²) < 4.78 is 10.4. The van der Waals surface area contributed by atoms with E-state index < -0.39 is 5.97 Å². The Bertz CT molecular complexity index is 790. The Morgan fingerprint density at radius 1 is 1.20 bits per heavy atom. The molecule has 1 atom stereocenters. The van der Waals surface area contributed by atoms with E-state index in [1.165, 1.54) is 7.11 Å². The van der Waals surface area contributed by atoms with Crippen LogP contribution in [0.5, 0.6) is 5.75 Å². The highest BCUT2D eigenvalue weighted by Gasteiger charge is 2.11. The highest BCUT2D eigenvalue weighted by atomic mass is 35.5. The van der Waals surface area contributed by atoms with Crippen LogP contribution in [-0.2, 0) is 4.74 Å². The van der Waals surface area contributed by atoms with E-state index in [0.29, 0.717) is 21.5 Å². The molecule has 0 aliphatic rings. The Labute approximate surface area is 157 Å². The van der Waals surface area contributed by atoms with E-state index >= 15 is 0 Å². The number of rotatable bonds is 6. The zero-order valence-corrected chi connectivity index (χ0v) is 15.8. The van der Waals surface area contributed by atoms with Crippen LogP contribution in [0.4, 0.5) is 5.69 Å². The lowest BCUT2D eigenvalue weighted by Gasteiger charge is -2.13. The molecule has 6 heteroatoms. The van der Waals surface area contributed by atoms with Gasteiger partial charge in [-0.05, 0) is 55.3 Å². The van der Waals surface area contributed by atoms with Crippen LogP contribution in [0.3, 0.4) is 0 Å². The smallest absolute Gasteiger partial charge is 0.339 e. The lowest BCUT2D eigenvalue weighted by molar-refractivity contribution is 0.0601. The summed E-state index contributed by atoms with van der Waals surface area (Å²) in [5.74, 6) is 0.143. The molecular weight excluding hydrogens is 361 g/mol. The fraction of sp³-hybridized carbons (Fsp3) is 0.263. The van der Waals surface area contributed by atoms with Crippen molar-refractivity contribution in [2.45, 2.75) is 26.4 Å². The van der Waals surface area contributed by atoms with Gasteiger partial charge in [-0.15, -0.1) is 0 Å². The van der Waals surface area contributed by atoms with Crippen molar-refractivity contribution in [2.75, 3.05) is 7.11 Å². The normalized spacial score (nSPS) is 12.2. The second-order valence-corrected chi connectivity index (χ2v) is 6.25. The topological polar surface area (TPSA) is 47.9 Å². The maximum Gasteiger partial charge on any atom is 0.339 e. The summed E-state index contributed by atoms with van der Waals surface area (Å²) in [7, 11) is 1.31. The summed E-state index contributed by atoms with van der Waals surface area (Å²) >= 11 is 12.2. The molecule has 0 saturated heterocycles. The predicted octanol–water partition coefficient (Wildman–Crippen LogP) is 5.71. The van der Waals surface area contributed by atoms with Crippen molar-refractivity contribution >= 4 is 41.1 Å². The SMILES string of the molecule is CC[C@H](C)Oc1ccc(C=Nc2ccc(Cl)c(C(=O)OC)c2)cc1Cl. The number of methoxy groups -OCH3 is 1. The molecule has 0 spiro atoms. The Hall–Kier alpha value is -2.04. The van der Waals surface area contributed by atoms with Crippen LogP contribution in [0.15, 0.2) is 41.4 Å². The van der Waals surface area contributed by atoms with E-state index in [-0.39, 0.29) is 11.7 Å². The number of carbonyl (C=O) groups is 1. The predicted molar refractivity (Wildman–Crippen MR) is 102 cm³/mol. The first-order valence-electron chi connectivity index (χ1n) is 7.82. The van der Waals surface area contributed by atoms with Gasteiger partial charge in [0.1, 0.15) is 5.75 Å². The monoisotopic (exact) mass is 379 g/mol. The van der Waals surface area contributed by atoms with Gasteiger partial charge in [0.25, 0.3) is 0 Å². The van der Waals surface area contributed by atoms with Crippen molar-refractivity contribution in [2.24, 2.45) is 4.99 Å². The first-order valence-corrected chi connectivity index (χ1v) is 8.58. The molecule has 0 unspecified atom stereocenters. The molecule has 0 aliphatic heterocycles. The summed E-state index contributed by atoms with van der Waals surface area (Å²) in [5.41, 5.74) is 1.67. The molecular formula is C19H19Cl2NO3. The van der Waals surface area contributed by atoms with Crippen LogP contribution in [-0.4, -0.2) is 25.4 Å². The molecule has 0 saturated carbocycles. The van der Waals surface area contributed by atoms with Gasteiger partial charge in [0, 0.05) is 6.21 Å². The number of nitrogens with zero attached hydrogens (tertiary/aromatic N) is 1. The lowest BCUT2D eigenvalue weighted by atomic mass is 10.2. The first-order chi connectivity index (χ1) is 11.9. The van der Waals surface area contributed by atoms with Crippen molar-refractivity contribution < 1.29 is 14.3 Å². The minimum absolute atomic E-state index is 0.0998. The molecule has 0 heterocycles. The highest BCUT2D eigenvalue weighted by molar-refractivity contribution is 6.33. The van der Waals surface area contributed by atoms with Crippen molar-refractivity contribution in [1.82, 2.24) is 0 Å². The molecule has 25 heavy (non-hydrogen) atoms. The Morgan fingerprint density at radius 3 is 2.60 bits per heavy atom. The Balaban J connectivity index is 2.19. The molecule has 0 bridgehead atoms. The van der Waals surface area contributed by atoms with E-state index in [4.69, 9.17) is 32.7 Å². The number of esters is 1. The third-order valence-electron chi connectivity index (χ3n) is 3.58. The number of hydrogen-bond acceptors (Lipinski definition) is 4. The summed E-state index contributed by atoms with van der Waals surface area (Å²) in [4.78, 5) is 16.0. The zero-order valence-electron chi connectivity index (χ0n) is 14.3. The van der Waals surface area contributed by atoms with Crippen LogP contribution in [0.2, 0.25) is 10.0 Å². The molecule has 0 aliphatic carbocycles. The molecule has 2 aromatic rings. The van der Waals surface area contributed by atoms with Gasteiger partial charge in [0.05, 0.1) is 34.5 Å². The molecule has 2 aromatic carbocycles. The largest absolute Gasteiger partial charge is 0.489 e. The lowest BCUT2D eigenvalue weighted by Crippen LogP contribution is -2.09. The van der Waals surface area contributed by atoms with Gasteiger partial charge in [-0.25, -0.2) is 4.79 Å². The Morgan fingerprint density at radius 2 is 1.96 bits per heavy atom. The van der Waals surface area contributed by atoms with Crippen LogP contribution in [0, 0.1) is 0 Å². The van der Waals surface area contributed by atoms with Gasteiger partial charge in [0.15, 0.2) is 0 Å². The molecule has 0 radical (unpaired) electrons. The van der Waals surface area contributed by atoms with Crippen molar-refractivity contribution in [3.8, 4) is 5.75 Å². The van der Waals surface area contributed by atoms with Crippen molar-refractivity contribution in [3.05, 3.63) is 57.6 Å². The van der Waals surface area contributed by atoms with Gasteiger partial charge >= 0.3 is 5.97 Å². The van der Waals surface area contributed by atoms with E-state index in [9.17, 15) is 4.79 Å². The second kappa shape index (κ2) is 8.88. The van der Waals surface area contributed by atoms with E-state index in [0.717, 1.165) is 12.0 Å². The zero-order chi connectivity index (χ0) is 18.4. The van der Waals surface area contributed by atoms with Gasteiger partial charge in [-0.3, -0.25) is 4.99 Å². The van der Waals surface area contributed by atoms with Crippen LogP contribution < -0.4 is 4.74 Å². The van der Waals surface area contributed by atoms with E-state index in [2.05, 4.69) is 4.99 Å². The van der Waals surface area contributed by atoms with Crippen LogP contribution >= 0.6 is 23.2 Å². The van der Waals surface area contributed by atoms with Gasteiger partial charge in [-0.2, -0.15) is 0 Å². The van der Waals surface area contributed by atoms with Crippen LogP contribution in [0.25, 0.3) is 0 Å². The highest BCUT2D eigenvalue weighted by Crippen LogP contribution is 2.27. The number of aliphatic imine (C=N–C) groups is 1. The number of carbonyl (C=O) groups excluding carboxylic acids is 1. The fourth-order valence-electron chi connectivity index (χ4n) is 2.00. The van der Waals surface area contributed by atoms with E-state index in [1.807, 2.05) is 26.0 Å². The van der Waals surface area contributed by atoms with Crippen molar-refractivity contribution in [1.29, 1.82) is 0 Å². The Kier molecular flexibility index (Phi) is 6.85. The van der Waals surface area contributed by atoms with Crippen molar-refractivity contribution in [3.63, 3.8) is 0 Å². The summed E-state index contributed by atoms with van der Waals surface area (Å²) in [6.45, 7) is 4.04. The van der Waals surface area contributed by atoms with Crippen LogP contribution in [0.1, 0.15) is 36.2 Å². The van der Waals surface area contributed by atoms with Gasteiger partial charge in [0.2, 0.25) is 0 Å². The molecule has 2 rings (SSSR count). The summed E-state index contributed by atoms with van der Waals surface area (Å²) in [5, 5.41) is 0.844. The molecule has 0 aromatic heterocycles. The molecule has 132 valence electrons. The summed E-state index contributed by atoms with van der Waals surface area (Å²) in [6.07, 6.45) is 2.66. The molecule has 0 N–H and O–H groups in total. The maximum absolute atomic E-state index is 11.7. The third kappa shape index (κ3) is 5.21. The molecule has 0 amide bonds. The number of benzene rings is 2. The quantitative estimate of drug-likeness (QED) is 0.477. The van der Waals surface area contributed by atoms with Gasteiger partial charge < -0.3 is 9.47 Å². The molecule has 0 fully saturated rings. The minimum atomic E-state index is -0.503. The average molecular weight is 380 g/mol. The minimum Gasteiger partial charge on any atom is -0.489 e. The molecule has 4 nitrogen and oxygen atoms in total. The number of ether oxygens (including phenoxy) is 2. The van der Waals surface area contributed by atoms with Gasteiger partial charge in [-0.1, -0.05) is 30.1 Å². The average Bonchev–Trinajstić information content (AvgIpc) is 2.62. The van der Waals surface area contributed by atoms with E-state index in [1.54, 1.807) is 30.5 Å². The number of hydrogen-bond donors (Lipinski definition) is 0. The standard InChI is InChI=1S/C19H19Cl2NO3/c1-4-12(2)25-18-8-5-13(9-17(18)21)11-22-14-6-7-16(20)15(10-14)19(23)24-3/h5-12H,4H2,1-3H3/t12-/m0/s1. The second-order valence-electron chi connectivity index (χ2n) is 5.44. The summed E-state index contributed by atoms with van der Waals surface area (Å²) in [6, 6.07) is 10.4. The maximum atomic E-state index is 11.7.